The topological polar surface area (TPSA) is 24.9 Å². The Morgan fingerprint density at radius 2 is 1.70 bits per heavy atom. The lowest BCUT2D eigenvalue weighted by Gasteiger charge is -2.22. The number of hydrogen-bond acceptors (Lipinski definition) is 3. The van der Waals surface area contributed by atoms with Gasteiger partial charge in [-0.25, -0.2) is 4.98 Å². The zero-order valence-electron chi connectivity index (χ0n) is 13.0. The number of fused-ring (bicyclic) bond motifs is 1. The zero-order chi connectivity index (χ0) is 14.5. The molecule has 2 nitrogen and oxygen atoms in total. The average Bonchev–Trinajstić information content (AvgIpc) is 2.77. The first-order valence-electron chi connectivity index (χ1n) is 7.62. The maximum Gasteiger partial charge on any atom is 0.108 e. The van der Waals surface area contributed by atoms with Crippen molar-refractivity contribution in [3.8, 4) is 0 Å². The minimum absolute atomic E-state index is 0.599. The number of nitrogens with zero attached hydrogens (tertiary/aromatic N) is 1. The molecule has 2 rings (SSSR count). The standard InChI is InChI=1S/C17H26N2S/c1-12(2)9-14(10-13(3)4)18-11-17-19-15-7-5-6-8-16(15)20-17/h5-8,12-14,18H,9-11H2,1-4H3. The van der Waals surface area contributed by atoms with Crippen LogP contribution in [-0.4, -0.2) is 11.0 Å². The normalized spacial score (nSPS) is 12.2. The summed E-state index contributed by atoms with van der Waals surface area (Å²) in [6.07, 6.45) is 2.48. The molecule has 0 saturated heterocycles. The molecule has 0 saturated carbocycles. The van der Waals surface area contributed by atoms with Gasteiger partial charge in [-0.1, -0.05) is 39.8 Å². The molecule has 110 valence electrons. The van der Waals surface area contributed by atoms with Gasteiger partial charge in [-0.2, -0.15) is 0 Å². The smallest absolute Gasteiger partial charge is 0.108 e. The number of nitrogens with one attached hydrogen (secondary N) is 1. The third-order valence-corrected chi connectivity index (χ3v) is 4.43. The van der Waals surface area contributed by atoms with Gasteiger partial charge in [0.15, 0.2) is 0 Å². The van der Waals surface area contributed by atoms with Gasteiger partial charge in [0, 0.05) is 12.6 Å². The van der Waals surface area contributed by atoms with E-state index in [9.17, 15) is 0 Å². The maximum absolute atomic E-state index is 4.70. The van der Waals surface area contributed by atoms with E-state index in [0.717, 1.165) is 23.9 Å². The quantitative estimate of drug-likeness (QED) is 0.788. The summed E-state index contributed by atoms with van der Waals surface area (Å²) in [4.78, 5) is 4.70. The van der Waals surface area contributed by atoms with E-state index < -0.39 is 0 Å². The monoisotopic (exact) mass is 290 g/mol. The second kappa shape index (κ2) is 7.19. The largest absolute Gasteiger partial charge is 0.308 e. The van der Waals surface area contributed by atoms with E-state index in [0.29, 0.717) is 6.04 Å². The van der Waals surface area contributed by atoms with E-state index >= 15 is 0 Å². The molecule has 1 heterocycles. The number of aromatic nitrogens is 1. The number of rotatable bonds is 7. The van der Waals surface area contributed by atoms with E-state index in [4.69, 9.17) is 4.98 Å². The summed E-state index contributed by atoms with van der Waals surface area (Å²) >= 11 is 1.80. The molecule has 1 N–H and O–H groups in total. The second-order valence-electron chi connectivity index (χ2n) is 6.41. The zero-order valence-corrected chi connectivity index (χ0v) is 13.8. The Hall–Kier alpha value is -0.930. The van der Waals surface area contributed by atoms with Crippen molar-refractivity contribution >= 4 is 21.6 Å². The highest BCUT2D eigenvalue weighted by molar-refractivity contribution is 7.18. The van der Waals surface area contributed by atoms with Crippen LogP contribution in [0.3, 0.4) is 0 Å². The third kappa shape index (κ3) is 4.57. The van der Waals surface area contributed by atoms with Crippen LogP contribution in [0.1, 0.15) is 45.5 Å². The van der Waals surface area contributed by atoms with Crippen molar-refractivity contribution in [2.75, 3.05) is 0 Å². The fourth-order valence-corrected chi connectivity index (χ4v) is 3.55. The van der Waals surface area contributed by atoms with Crippen molar-refractivity contribution in [3.63, 3.8) is 0 Å². The molecule has 0 aliphatic carbocycles. The summed E-state index contributed by atoms with van der Waals surface area (Å²) in [5, 5.41) is 4.91. The Balaban J connectivity index is 1.97. The summed E-state index contributed by atoms with van der Waals surface area (Å²) < 4.78 is 1.29. The maximum atomic E-state index is 4.70. The van der Waals surface area contributed by atoms with Crippen molar-refractivity contribution in [2.45, 2.75) is 53.1 Å². The molecule has 0 atom stereocenters. The number of thiazole rings is 1. The molecule has 0 aliphatic heterocycles. The minimum atomic E-state index is 0.599. The summed E-state index contributed by atoms with van der Waals surface area (Å²) in [7, 11) is 0. The molecule has 0 radical (unpaired) electrons. The van der Waals surface area contributed by atoms with Crippen LogP contribution >= 0.6 is 11.3 Å². The van der Waals surface area contributed by atoms with Gasteiger partial charge < -0.3 is 5.32 Å². The highest BCUT2D eigenvalue weighted by Crippen LogP contribution is 2.22. The van der Waals surface area contributed by atoms with Gasteiger partial charge in [-0.05, 0) is 36.8 Å². The highest BCUT2D eigenvalue weighted by Gasteiger charge is 2.13. The number of hydrogen-bond donors (Lipinski definition) is 1. The van der Waals surface area contributed by atoms with Gasteiger partial charge in [0.2, 0.25) is 0 Å². The molecule has 0 spiro atoms. The summed E-state index contributed by atoms with van der Waals surface area (Å²) in [5.41, 5.74) is 1.12. The van der Waals surface area contributed by atoms with Gasteiger partial charge >= 0.3 is 0 Å². The lowest BCUT2D eigenvalue weighted by molar-refractivity contribution is 0.358. The van der Waals surface area contributed by atoms with Gasteiger partial charge in [-0.3, -0.25) is 0 Å². The molecular formula is C17H26N2S. The first kappa shape index (κ1) is 15.5. The van der Waals surface area contributed by atoms with Crippen LogP contribution in [0, 0.1) is 11.8 Å². The summed E-state index contributed by atoms with van der Waals surface area (Å²) in [5.74, 6) is 1.48. The van der Waals surface area contributed by atoms with Crippen LogP contribution in [0.2, 0.25) is 0 Å². The van der Waals surface area contributed by atoms with Crippen molar-refractivity contribution in [1.29, 1.82) is 0 Å². The van der Waals surface area contributed by atoms with E-state index in [1.165, 1.54) is 22.5 Å². The first-order valence-corrected chi connectivity index (χ1v) is 8.44. The van der Waals surface area contributed by atoms with Crippen molar-refractivity contribution in [2.24, 2.45) is 11.8 Å². The third-order valence-electron chi connectivity index (χ3n) is 3.39. The van der Waals surface area contributed by atoms with Crippen LogP contribution in [-0.2, 0) is 6.54 Å². The summed E-state index contributed by atoms with van der Waals surface area (Å²) in [6, 6.07) is 8.98. The Labute approximate surface area is 126 Å². The molecule has 20 heavy (non-hydrogen) atoms. The molecule has 3 heteroatoms. The Morgan fingerprint density at radius 3 is 2.30 bits per heavy atom. The Morgan fingerprint density at radius 1 is 1.05 bits per heavy atom. The minimum Gasteiger partial charge on any atom is -0.308 e. The fourth-order valence-electron chi connectivity index (χ4n) is 2.63. The van der Waals surface area contributed by atoms with Crippen LogP contribution in [0.15, 0.2) is 24.3 Å². The van der Waals surface area contributed by atoms with Crippen molar-refractivity contribution in [3.05, 3.63) is 29.3 Å². The second-order valence-corrected chi connectivity index (χ2v) is 7.53. The molecule has 0 bridgehead atoms. The average molecular weight is 290 g/mol. The lowest BCUT2D eigenvalue weighted by Crippen LogP contribution is -2.31. The highest BCUT2D eigenvalue weighted by atomic mass is 32.1. The Bertz CT molecular complexity index is 488. The van der Waals surface area contributed by atoms with Gasteiger partial charge in [0.1, 0.15) is 5.01 Å². The molecule has 0 amide bonds. The molecule has 0 aliphatic rings. The molecular weight excluding hydrogens is 264 g/mol. The van der Waals surface area contributed by atoms with Crippen LogP contribution in [0.25, 0.3) is 10.2 Å². The van der Waals surface area contributed by atoms with Crippen LogP contribution in [0.4, 0.5) is 0 Å². The molecule has 0 fully saturated rings. The van der Waals surface area contributed by atoms with Crippen molar-refractivity contribution < 1.29 is 0 Å². The van der Waals surface area contributed by atoms with E-state index in [-0.39, 0.29) is 0 Å². The van der Waals surface area contributed by atoms with Gasteiger partial charge in [-0.15, -0.1) is 11.3 Å². The number of para-hydroxylation sites is 1. The fraction of sp³-hybridized carbons (Fsp3) is 0.588. The first-order chi connectivity index (χ1) is 9.54. The van der Waals surface area contributed by atoms with Crippen LogP contribution < -0.4 is 5.32 Å². The van der Waals surface area contributed by atoms with Crippen LogP contribution in [0.5, 0.6) is 0 Å². The molecule has 0 unspecified atom stereocenters. The number of benzene rings is 1. The Kier molecular flexibility index (Phi) is 5.55. The SMILES string of the molecule is CC(C)CC(CC(C)C)NCc1nc2ccccc2s1. The molecule has 1 aromatic carbocycles. The lowest BCUT2D eigenvalue weighted by atomic mass is 9.96. The predicted molar refractivity (Wildman–Crippen MR) is 89.2 cm³/mol. The predicted octanol–water partition coefficient (Wildman–Crippen LogP) is 4.85. The van der Waals surface area contributed by atoms with E-state index in [1.807, 2.05) is 0 Å². The van der Waals surface area contributed by atoms with Gasteiger partial charge in [0.25, 0.3) is 0 Å². The van der Waals surface area contributed by atoms with Gasteiger partial charge in [0.05, 0.1) is 10.2 Å². The molecule has 2 aromatic rings. The van der Waals surface area contributed by atoms with E-state index in [2.05, 4.69) is 57.3 Å². The molecule has 1 aromatic heterocycles. The summed E-state index contributed by atoms with van der Waals surface area (Å²) in [6.45, 7) is 10.1. The van der Waals surface area contributed by atoms with Crippen molar-refractivity contribution in [1.82, 2.24) is 10.3 Å². The van der Waals surface area contributed by atoms with E-state index in [1.54, 1.807) is 11.3 Å².